The molecule has 0 spiro atoms. The number of nitrogen functional groups attached to an aromatic ring is 1. The van der Waals surface area contributed by atoms with Gasteiger partial charge >= 0.3 is 0 Å². The van der Waals surface area contributed by atoms with Crippen molar-refractivity contribution in [2.75, 3.05) is 23.4 Å². The van der Waals surface area contributed by atoms with E-state index in [0.29, 0.717) is 17.5 Å². The number of carbonyl (C=O) groups excluding carboxylic acids is 1. The van der Waals surface area contributed by atoms with E-state index in [2.05, 4.69) is 15.5 Å². The molecule has 0 fully saturated rings. The summed E-state index contributed by atoms with van der Waals surface area (Å²) in [6.07, 6.45) is 0. The number of nitrogens with zero attached hydrogens (tertiary/aromatic N) is 3. The molecule has 0 aliphatic carbocycles. The molecule has 0 atom stereocenters. The number of amides is 1. The lowest BCUT2D eigenvalue weighted by Gasteiger charge is -2.07. The van der Waals surface area contributed by atoms with Crippen LogP contribution < -0.4 is 15.8 Å². The summed E-state index contributed by atoms with van der Waals surface area (Å²) in [7, 11) is 1.87. The summed E-state index contributed by atoms with van der Waals surface area (Å²) in [5.41, 5.74) is 8.06. The number of ether oxygens (including phenoxy) is 1. The molecule has 3 N–H and O–H groups in total. The van der Waals surface area contributed by atoms with E-state index in [-0.39, 0.29) is 11.7 Å². The van der Waals surface area contributed by atoms with Gasteiger partial charge in [0.2, 0.25) is 5.91 Å². The van der Waals surface area contributed by atoms with Crippen LogP contribution in [0.3, 0.4) is 0 Å². The van der Waals surface area contributed by atoms with Crippen molar-refractivity contribution in [3.63, 3.8) is 0 Å². The largest absolute Gasteiger partial charge is 0.494 e. The number of anilines is 2. The fourth-order valence-corrected chi connectivity index (χ4v) is 3.16. The third-order valence-corrected chi connectivity index (χ3v) is 4.81. The van der Waals surface area contributed by atoms with E-state index in [1.165, 1.54) is 11.8 Å². The van der Waals surface area contributed by atoms with Gasteiger partial charge in [-0.15, -0.1) is 10.2 Å². The van der Waals surface area contributed by atoms with Gasteiger partial charge in [-0.2, -0.15) is 0 Å². The quantitative estimate of drug-likeness (QED) is 0.481. The normalized spacial score (nSPS) is 10.6. The zero-order valence-electron chi connectivity index (χ0n) is 15.2. The molecule has 140 valence electrons. The molecule has 0 saturated carbocycles. The number of rotatable bonds is 7. The van der Waals surface area contributed by atoms with E-state index in [1.54, 1.807) is 0 Å². The summed E-state index contributed by atoms with van der Waals surface area (Å²) < 4.78 is 7.25. The van der Waals surface area contributed by atoms with Crippen molar-refractivity contribution < 1.29 is 9.53 Å². The molecule has 7 nitrogen and oxygen atoms in total. The van der Waals surface area contributed by atoms with Crippen LogP contribution in [0.1, 0.15) is 6.92 Å². The predicted molar refractivity (Wildman–Crippen MR) is 108 cm³/mol. The first kappa shape index (κ1) is 18.8. The third kappa shape index (κ3) is 4.79. The van der Waals surface area contributed by atoms with Crippen molar-refractivity contribution in [2.24, 2.45) is 7.05 Å². The Kier molecular flexibility index (Phi) is 5.97. The number of carbonyl (C=O) groups is 1. The van der Waals surface area contributed by atoms with E-state index in [4.69, 9.17) is 10.5 Å². The Balaban J connectivity index is 1.58. The Hall–Kier alpha value is -3.00. The van der Waals surface area contributed by atoms with Gasteiger partial charge in [0, 0.05) is 24.0 Å². The van der Waals surface area contributed by atoms with E-state index in [9.17, 15) is 4.79 Å². The summed E-state index contributed by atoms with van der Waals surface area (Å²) in [6, 6.07) is 14.7. The molecule has 0 saturated heterocycles. The van der Waals surface area contributed by atoms with Crippen LogP contribution >= 0.6 is 11.8 Å². The van der Waals surface area contributed by atoms with Crippen molar-refractivity contribution in [3.8, 4) is 17.1 Å². The molecular formula is C19H21N5O2S. The highest BCUT2D eigenvalue weighted by molar-refractivity contribution is 7.99. The van der Waals surface area contributed by atoms with E-state index in [0.717, 1.165) is 22.8 Å². The van der Waals surface area contributed by atoms with E-state index >= 15 is 0 Å². The highest BCUT2D eigenvalue weighted by Crippen LogP contribution is 2.23. The van der Waals surface area contributed by atoms with Crippen molar-refractivity contribution in [3.05, 3.63) is 48.5 Å². The van der Waals surface area contributed by atoms with Crippen LogP contribution in [0, 0.1) is 0 Å². The summed E-state index contributed by atoms with van der Waals surface area (Å²) in [6.45, 7) is 2.54. The van der Waals surface area contributed by atoms with Crippen molar-refractivity contribution in [1.82, 2.24) is 14.8 Å². The second-order valence-electron chi connectivity index (χ2n) is 5.78. The SMILES string of the molecule is CCOc1ccc(NC(=O)CSc2nnc(-c3ccc(N)cc3)n2C)cc1. The Labute approximate surface area is 161 Å². The minimum absolute atomic E-state index is 0.110. The molecule has 0 aliphatic rings. The molecule has 2 aromatic carbocycles. The van der Waals surface area contributed by atoms with Crippen molar-refractivity contribution in [1.29, 1.82) is 0 Å². The van der Waals surface area contributed by atoms with Crippen molar-refractivity contribution >= 4 is 29.0 Å². The molecule has 3 rings (SSSR count). The zero-order valence-corrected chi connectivity index (χ0v) is 16.0. The third-order valence-electron chi connectivity index (χ3n) is 3.79. The van der Waals surface area contributed by atoms with Crippen molar-refractivity contribution in [2.45, 2.75) is 12.1 Å². The monoisotopic (exact) mass is 383 g/mol. The van der Waals surface area contributed by atoms with Crippen LogP contribution in [0.2, 0.25) is 0 Å². The molecular weight excluding hydrogens is 362 g/mol. The van der Waals surface area contributed by atoms with Crippen LogP contribution in [0.15, 0.2) is 53.7 Å². The number of aromatic nitrogens is 3. The minimum atomic E-state index is -0.110. The van der Waals surface area contributed by atoms with Crippen LogP contribution in [-0.4, -0.2) is 33.0 Å². The molecule has 8 heteroatoms. The van der Waals surface area contributed by atoms with Crippen LogP contribution in [0.25, 0.3) is 11.4 Å². The second kappa shape index (κ2) is 8.59. The Morgan fingerprint density at radius 3 is 2.52 bits per heavy atom. The Bertz CT molecular complexity index is 907. The topological polar surface area (TPSA) is 95.1 Å². The summed E-state index contributed by atoms with van der Waals surface area (Å²) in [5, 5.41) is 11.9. The van der Waals surface area contributed by atoms with Gasteiger partial charge in [0.15, 0.2) is 11.0 Å². The molecule has 1 heterocycles. The first-order valence-corrected chi connectivity index (χ1v) is 9.46. The Morgan fingerprint density at radius 1 is 1.15 bits per heavy atom. The van der Waals surface area contributed by atoms with Gasteiger partial charge < -0.3 is 20.4 Å². The maximum Gasteiger partial charge on any atom is 0.234 e. The molecule has 1 amide bonds. The van der Waals surface area contributed by atoms with Gasteiger partial charge in [0.05, 0.1) is 12.4 Å². The van der Waals surface area contributed by atoms with E-state index in [1.807, 2.05) is 67.1 Å². The molecule has 3 aromatic rings. The number of nitrogens with one attached hydrogen (secondary N) is 1. The standard InChI is InChI=1S/C19H21N5O2S/c1-3-26-16-10-8-15(9-11-16)21-17(25)12-27-19-23-22-18(24(19)2)13-4-6-14(20)7-5-13/h4-11H,3,12,20H2,1-2H3,(H,21,25). The maximum absolute atomic E-state index is 12.2. The van der Waals surface area contributed by atoms with Gasteiger partial charge in [-0.05, 0) is 55.5 Å². The fraction of sp³-hybridized carbons (Fsp3) is 0.211. The highest BCUT2D eigenvalue weighted by Gasteiger charge is 2.13. The first-order chi connectivity index (χ1) is 13.1. The zero-order chi connectivity index (χ0) is 19.2. The maximum atomic E-state index is 12.2. The molecule has 0 unspecified atom stereocenters. The lowest BCUT2D eigenvalue weighted by Crippen LogP contribution is -2.14. The molecule has 27 heavy (non-hydrogen) atoms. The Morgan fingerprint density at radius 2 is 1.85 bits per heavy atom. The summed E-state index contributed by atoms with van der Waals surface area (Å²) in [4.78, 5) is 12.2. The highest BCUT2D eigenvalue weighted by atomic mass is 32.2. The first-order valence-electron chi connectivity index (χ1n) is 8.47. The lowest BCUT2D eigenvalue weighted by molar-refractivity contribution is -0.113. The minimum Gasteiger partial charge on any atom is -0.494 e. The fourth-order valence-electron chi connectivity index (χ4n) is 2.45. The summed E-state index contributed by atoms with van der Waals surface area (Å²) in [5.74, 6) is 1.63. The number of hydrogen-bond donors (Lipinski definition) is 2. The smallest absolute Gasteiger partial charge is 0.234 e. The number of nitrogens with two attached hydrogens (primary N) is 1. The average molecular weight is 383 g/mol. The van der Waals surface area contributed by atoms with Crippen LogP contribution in [-0.2, 0) is 11.8 Å². The van der Waals surface area contributed by atoms with Gasteiger partial charge in [0.1, 0.15) is 5.75 Å². The van der Waals surface area contributed by atoms with Gasteiger partial charge in [0.25, 0.3) is 0 Å². The molecule has 0 radical (unpaired) electrons. The van der Waals surface area contributed by atoms with Crippen LogP contribution in [0.4, 0.5) is 11.4 Å². The van der Waals surface area contributed by atoms with Gasteiger partial charge in [-0.1, -0.05) is 11.8 Å². The number of thioether (sulfide) groups is 1. The predicted octanol–water partition coefficient (Wildman–Crippen LogP) is 3.19. The lowest BCUT2D eigenvalue weighted by atomic mass is 10.2. The number of hydrogen-bond acceptors (Lipinski definition) is 6. The average Bonchev–Trinajstić information content (AvgIpc) is 3.03. The van der Waals surface area contributed by atoms with Gasteiger partial charge in [-0.3, -0.25) is 4.79 Å². The van der Waals surface area contributed by atoms with E-state index < -0.39 is 0 Å². The second-order valence-corrected chi connectivity index (χ2v) is 6.72. The van der Waals surface area contributed by atoms with Gasteiger partial charge in [-0.25, -0.2) is 0 Å². The number of benzene rings is 2. The molecule has 1 aromatic heterocycles. The molecule has 0 aliphatic heterocycles. The molecule has 0 bridgehead atoms. The van der Waals surface area contributed by atoms with Crippen LogP contribution in [0.5, 0.6) is 5.75 Å². The summed E-state index contributed by atoms with van der Waals surface area (Å²) >= 11 is 1.33.